The largest absolute Gasteiger partial charge is 0.480 e. The average Bonchev–Trinajstić information content (AvgIpc) is 3.36. The van der Waals surface area contributed by atoms with E-state index in [0.717, 1.165) is 5.69 Å². The molecule has 3 aromatic rings. The Bertz CT molecular complexity index is 882. The maximum Gasteiger partial charge on any atom is 0.321 e. The minimum Gasteiger partial charge on any atom is -0.480 e. The predicted octanol–water partition coefficient (Wildman–Crippen LogP) is 2.19. The molecule has 0 radical (unpaired) electrons. The number of furan rings is 1. The number of para-hydroxylation sites is 1. The van der Waals surface area contributed by atoms with Crippen LogP contribution >= 0.6 is 23.5 Å². The van der Waals surface area contributed by atoms with Gasteiger partial charge in [-0.2, -0.15) is 4.68 Å². The van der Waals surface area contributed by atoms with Gasteiger partial charge in [-0.05, 0) is 46.5 Å². The Labute approximate surface area is 151 Å². The van der Waals surface area contributed by atoms with Crippen LogP contribution in [-0.2, 0) is 4.79 Å². The van der Waals surface area contributed by atoms with Gasteiger partial charge in [0.2, 0.25) is 5.16 Å². The van der Waals surface area contributed by atoms with Crippen molar-refractivity contribution >= 4 is 29.5 Å². The first-order valence-corrected chi connectivity index (χ1v) is 9.29. The van der Waals surface area contributed by atoms with E-state index in [1.807, 2.05) is 42.5 Å². The summed E-state index contributed by atoms with van der Waals surface area (Å²) in [6.45, 7) is 0. The minimum atomic E-state index is -0.849. The van der Waals surface area contributed by atoms with E-state index in [0.29, 0.717) is 21.8 Å². The van der Waals surface area contributed by atoms with Gasteiger partial charge >= 0.3 is 5.97 Å². The number of aromatic nitrogens is 4. The van der Waals surface area contributed by atoms with Crippen LogP contribution in [0.4, 0.5) is 0 Å². The molecular weight excluding hydrogens is 362 g/mol. The summed E-state index contributed by atoms with van der Waals surface area (Å²) in [5.74, 6) is 0.350. The molecule has 0 spiro atoms. The zero-order valence-electron chi connectivity index (χ0n) is 12.8. The molecule has 0 unspecified atom stereocenters. The van der Waals surface area contributed by atoms with Crippen LogP contribution < -0.4 is 5.32 Å². The number of nitrogens with one attached hydrogen (secondary N) is 1. The van der Waals surface area contributed by atoms with Crippen LogP contribution in [0.2, 0.25) is 0 Å². The number of hydrogen-bond acceptors (Lipinski definition) is 8. The topological polar surface area (TPSA) is 106 Å². The van der Waals surface area contributed by atoms with Gasteiger partial charge in [0.25, 0.3) is 0 Å². The van der Waals surface area contributed by atoms with Crippen molar-refractivity contribution in [3.63, 3.8) is 0 Å². The Morgan fingerprint density at radius 1 is 1.32 bits per heavy atom. The van der Waals surface area contributed by atoms with Gasteiger partial charge in [-0.3, -0.25) is 10.1 Å². The number of hydrogen-bond donors (Lipinski definition) is 2. The van der Waals surface area contributed by atoms with E-state index < -0.39 is 12.0 Å². The molecule has 25 heavy (non-hydrogen) atoms. The van der Waals surface area contributed by atoms with Gasteiger partial charge in [0, 0.05) is 5.75 Å². The molecule has 0 aliphatic carbocycles. The number of benzene rings is 1. The first-order valence-electron chi connectivity index (χ1n) is 7.42. The van der Waals surface area contributed by atoms with Crippen LogP contribution in [0.25, 0.3) is 5.69 Å². The highest BCUT2D eigenvalue weighted by molar-refractivity contribution is 7.99. The van der Waals surface area contributed by atoms with Gasteiger partial charge in [0.05, 0.1) is 5.69 Å². The van der Waals surface area contributed by atoms with Crippen LogP contribution in [0.15, 0.2) is 57.1 Å². The molecule has 0 bridgehead atoms. The molecule has 128 valence electrons. The lowest BCUT2D eigenvalue weighted by molar-refractivity contribution is -0.138. The molecule has 8 nitrogen and oxygen atoms in total. The maximum atomic E-state index is 11.0. The normalized spacial score (nSPS) is 20.0. The highest BCUT2D eigenvalue weighted by Crippen LogP contribution is 2.37. The van der Waals surface area contributed by atoms with E-state index >= 15 is 0 Å². The first-order chi connectivity index (χ1) is 12.2. The van der Waals surface area contributed by atoms with Crippen molar-refractivity contribution in [2.75, 3.05) is 5.75 Å². The van der Waals surface area contributed by atoms with Gasteiger partial charge in [-0.15, -0.1) is 16.9 Å². The van der Waals surface area contributed by atoms with E-state index in [2.05, 4.69) is 20.8 Å². The lowest BCUT2D eigenvalue weighted by atomic mass is 10.3. The fraction of sp³-hybridized carbons (Fsp3) is 0.200. The first kappa shape index (κ1) is 16.2. The van der Waals surface area contributed by atoms with Crippen molar-refractivity contribution in [1.82, 2.24) is 25.5 Å². The summed E-state index contributed by atoms with van der Waals surface area (Å²) in [5, 5.41) is 24.9. The second-order valence-electron chi connectivity index (χ2n) is 5.24. The van der Waals surface area contributed by atoms with Crippen LogP contribution in [0.5, 0.6) is 0 Å². The molecule has 0 saturated carbocycles. The number of carboxylic acids is 1. The third-order valence-corrected chi connectivity index (χ3v) is 5.66. The predicted molar refractivity (Wildman–Crippen MR) is 91.7 cm³/mol. The van der Waals surface area contributed by atoms with Crippen LogP contribution in [0.3, 0.4) is 0 Å². The van der Waals surface area contributed by atoms with E-state index in [9.17, 15) is 4.79 Å². The van der Waals surface area contributed by atoms with Crippen molar-refractivity contribution < 1.29 is 14.3 Å². The Balaban J connectivity index is 1.50. The second-order valence-corrected chi connectivity index (χ2v) is 7.35. The number of rotatable bonds is 5. The lowest BCUT2D eigenvalue weighted by Gasteiger charge is -2.07. The number of thioether (sulfide) groups is 1. The van der Waals surface area contributed by atoms with Crippen molar-refractivity contribution in [2.45, 2.75) is 21.7 Å². The van der Waals surface area contributed by atoms with E-state index in [4.69, 9.17) is 9.52 Å². The quantitative estimate of drug-likeness (QED) is 0.694. The molecule has 1 aromatic carbocycles. The maximum absolute atomic E-state index is 11.0. The average molecular weight is 375 g/mol. The van der Waals surface area contributed by atoms with Gasteiger partial charge in [0.1, 0.15) is 17.2 Å². The molecule has 10 heteroatoms. The highest BCUT2D eigenvalue weighted by atomic mass is 32.2. The monoisotopic (exact) mass is 375 g/mol. The molecule has 1 aliphatic heterocycles. The number of tetrazole rings is 1. The molecular formula is C15H13N5O3S2. The van der Waals surface area contributed by atoms with Crippen LogP contribution in [-0.4, -0.2) is 43.1 Å². The summed E-state index contributed by atoms with van der Waals surface area (Å²) in [4.78, 5) is 11.0. The SMILES string of the molecule is O=C(O)[C@H]1CS[C@@H](c2ccc(Sc3nnnn3-c3ccccc3)o2)N1. The van der Waals surface area contributed by atoms with Crippen molar-refractivity contribution in [3.8, 4) is 5.69 Å². The number of nitrogens with zero attached hydrogens (tertiary/aromatic N) is 4. The Kier molecular flexibility index (Phi) is 4.47. The van der Waals surface area contributed by atoms with Crippen LogP contribution in [0, 0.1) is 0 Å². The number of aliphatic carboxylic acids is 1. The summed E-state index contributed by atoms with van der Waals surface area (Å²) >= 11 is 2.82. The lowest BCUT2D eigenvalue weighted by Crippen LogP contribution is -2.33. The summed E-state index contributed by atoms with van der Waals surface area (Å²) in [5.41, 5.74) is 0.860. The molecule has 2 atom stereocenters. The van der Waals surface area contributed by atoms with Crippen molar-refractivity contribution in [2.24, 2.45) is 0 Å². The standard InChI is InChI=1S/C15H13N5O3S2/c21-14(22)10-8-24-13(16-10)11-6-7-12(23-11)25-15-17-18-19-20(15)9-4-2-1-3-5-9/h1-7,10,13,16H,8H2,(H,21,22)/t10-,13+/m1/s1. The van der Waals surface area contributed by atoms with E-state index in [1.54, 1.807) is 4.68 Å². The Morgan fingerprint density at radius 2 is 2.16 bits per heavy atom. The Hall–Kier alpha value is -2.30. The zero-order chi connectivity index (χ0) is 17.2. The van der Waals surface area contributed by atoms with Crippen molar-refractivity contribution in [3.05, 3.63) is 48.2 Å². The third-order valence-electron chi connectivity index (χ3n) is 3.57. The van der Waals surface area contributed by atoms with E-state index in [-0.39, 0.29) is 5.37 Å². The number of carboxylic acid groups (broad SMARTS) is 1. The molecule has 2 N–H and O–H groups in total. The third kappa shape index (κ3) is 3.41. The zero-order valence-corrected chi connectivity index (χ0v) is 14.4. The van der Waals surface area contributed by atoms with Gasteiger partial charge in [-0.25, -0.2) is 0 Å². The summed E-state index contributed by atoms with van der Waals surface area (Å²) in [6.07, 6.45) is 0. The number of carbonyl (C=O) groups is 1. The second kappa shape index (κ2) is 6.90. The molecule has 1 fully saturated rings. The summed E-state index contributed by atoms with van der Waals surface area (Å²) in [7, 11) is 0. The van der Waals surface area contributed by atoms with Crippen molar-refractivity contribution in [1.29, 1.82) is 0 Å². The minimum absolute atomic E-state index is 0.166. The molecule has 1 aliphatic rings. The van der Waals surface area contributed by atoms with Gasteiger partial charge < -0.3 is 9.52 Å². The summed E-state index contributed by atoms with van der Waals surface area (Å²) < 4.78 is 7.47. The molecule has 0 amide bonds. The smallest absolute Gasteiger partial charge is 0.321 e. The van der Waals surface area contributed by atoms with E-state index in [1.165, 1.54) is 23.5 Å². The fourth-order valence-electron chi connectivity index (χ4n) is 2.37. The van der Waals surface area contributed by atoms with Crippen LogP contribution in [0.1, 0.15) is 11.1 Å². The Morgan fingerprint density at radius 3 is 2.92 bits per heavy atom. The van der Waals surface area contributed by atoms with Gasteiger partial charge in [-0.1, -0.05) is 18.2 Å². The molecule has 1 saturated heterocycles. The molecule has 4 rings (SSSR count). The highest BCUT2D eigenvalue weighted by Gasteiger charge is 2.32. The molecule has 2 aromatic heterocycles. The fourth-order valence-corrected chi connectivity index (χ4v) is 4.31. The summed E-state index contributed by atoms with van der Waals surface area (Å²) in [6, 6.07) is 12.7. The van der Waals surface area contributed by atoms with Gasteiger partial charge in [0.15, 0.2) is 5.09 Å². The molecule has 3 heterocycles.